The van der Waals surface area contributed by atoms with Crippen molar-refractivity contribution in [1.82, 2.24) is 4.98 Å². The molecular formula is C23H21NO4. The molecule has 0 radical (unpaired) electrons. The molecule has 0 aliphatic rings. The van der Waals surface area contributed by atoms with Gasteiger partial charge in [-0.1, -0.05) is 32.0 Å². The van der Waals surface area contributed by atoms with E-state index in [2.05, 4.69) is 18.8 Å². The zero-order chi connectivity index (χ0) is 19.7. The van der Waals surface area contributed by atoms with Crippen molar-refractivity contribution in [2.45, 2.75) is 26.4 Å². The minimum Gasteiger partial charge on any atom is -0.493 e. The average Bonchev–Trinajstić information content (AvgIpc) is 2.72. The van der Waals surface area contributed by atoms with Crippen molar-refractivity contribution in [2.24, 2.45) is 0 Å². The van der Waals surface area contributed by atoms with Gasteiger partial charge in [-0.2, -0.15) is 0 Å². The van der Waals surface area contributed by atoms with Crippen LogP contribution in [0.4, 0.5) is 0 Å². The fraction of sp³-hybridized carbons (Fsp3) is 0.217. The quantitative estimate of drug-likeness (QED) is 0.361. The Labute approximate surface area is 162 Å². The molecule has 2 heterocycles. The molecule has 0 bridgehead atoms. The second kappa shape index (κ2) is 7.35. The van der Waals surface area contributed by atoms with Crippen LogP contribution in [0.3, 0.4) is 0 Å². The summed E-state index contributed by atoms with van der Waals surface area (Å²) in [5, 5.41) is 2.23. The van der Waals surface area contributed by atoms with Crippen LogP contribution in [0, 0.1) is 0 Å². The SMILES string of the molecule is COc1cc2c(cc1OCc1cccnc1)oc(=O)c1cc(C(C)C)ccc12. The molecule has 0 atom stereocenters. The predicted molar refractivity (Wildman–Crippen MR) is 109 cm³/mol. The maximum atomic E-state index is 12.6. The smallest absolute Gasteiger partial charge is 0.344 e. The van der Waals surface area contributed by atoms with Crippen molar-refractivity contribution in [1.29, 1.82) is 0 Å². The Balaban J connectivity index is 1.82. The van der Waals surface area contributed by atoms with Crippen molar-refractivity contribution in [3.63, 3.8) is 0 Å². The summed E-state index contributed by atoms with van der Waals surface area (Å²) in [6, 6.07) is 13.3. The summed E-state index contributed by atoms with van der Waals surface area (Å²) in [7, 11) is 1.59. The van der Waals surface area contributed by atoms with Gasteiger partial charge < -0.3 is 13.9 Å². The number of benzene rings is 2. The number of pyridine rings is 1. The van der Waals surface area contributed by atoms with E-state index in [0.717, 1.165) is 21.9 Å². The molecule has 2 aromatic carbocycles. The molecule has 4 aromatic rings. The summed E-state index contributed by atoms with van der Waals surface area (Å²) in [5.74, 6) is 1.43. The molecule has 0 saturated heterocycles. The molecule has 0 amide bonds. The highest BCUT2D eigenvalue weighted by atomic mass is 16.5. The van der Waals surface area contributed by atoms with E-state index in [1.54, 1.807) is 25.6 Å². The Bertz CT molecular complexity index is 1200. The van der Waals surface area contributed by atoms with E-state index in [9.17, 15) is 4.79 Å². The van der Waals surface area contributed by atoms with Crippen LogP contribution >= 0.6 is 0 Å². The molecule has 2 aromatic heterocycles. The zero-order valence-corrected chi connectivity index (χ0v) is 16.1. The summed E-state index contributed by atoms with van der Waals surface area (Å²) in [5.41, 5.74) is 2.15. The van der Waals surface area contributed by atoms with Crippen LogP contribution in [0.1, 0.15) is 30.9 Å². The zero-order valence-electron chi connectivity index (χ0n) is 16.1. The number of aromatic nitrogens is 1. The lowest BCUT2D eigenvalue weighted by Crippen LogP contribution is -2.03. The van der Waals surface area contributed by atoms with Gasteiger partial charge in [0.25, 0.3) is 0 Å². The topological polar surface area (TPSA) is 61.6 Å². The minimum atomic E-state index is -0.353. The second-order valence-electron chi connectivity index (χ2n) is 7.00. The number of rotatable bonds is 5. The second-order valence-corrected chi connectivity index (χ2v) is 7.00. The van der Waals surface area contributed by atoms with Crippen molar-refractivity contribution in [3.05, 3.63) is 76.4 Å². The largest absolute Gasteiger partial charge is 0.493 e. The van der Waals surface area contributed by atoms with Crippen LogP contribution < -0.4 is 15.1 Å². The Hall–Kier alpha value is -3.34. The van der Waals surface area contributed by atoms with E-state index in [4.69, 9.17) is 13.9 Å². The lowest BCUT2D eigenvalue weighted by Gasteiger charge is -2.13. The average molecular weight is 375 g/mol. The van der Waals surface area contributed by atoms with E-state index in [1.165, 1.54) is 0 Å². The molecule has 0 unspecified atom stereocenters. The molecule has 142 valence electrons. The van der Waals surface area contributed by atoms with Gasteiger partial charge in [0, 0.05) is 34.8 Å². The standard InChI is InChI=1S/C23H21NO4/c1-14(2)16-6-7-17-18-10-21(26-3)22(27-13-15-5-4-8-24-12-15)11-20(18)28-23(25)19(17)9-16/h4-12,14H,13H2,1-3H3. The lowest BCUT2D eigenvalue weighted by molar-refractivity contribution is 0.284. The molecule has 0 aliphatic heterocycles. The first-order valence-electron chi connectivity index (χ1n) is 9.17. The Morgan fingerprint density at radius 3 is 2.61 bits per heavy atom. The third-order valence-electron chi connectivity index (χ3n) is 4.81. The molecule has 0 fully saturated rings. The van der Waals surface area contributed by atoms with Crippen molar-refractivity contribution in [2.75, 3.05) is 7.11 Å². The highest BCUT2D eigenvalue weighted by Gasteiger charge is 2.14. The minimum absolute atomic E-state index is 0.331. The molecule has 0 spiro atoms. The molecule has 0 N–H and O–H groups in total. The fourth-order valence-corrected chi connectivity index (χ4v) is 3.23. The maximum Gasteiger partial charge on any atom is 0.344 e. The molecule has 0 aliphatic carbocycles. The molecule has 5 heteroatoms. The molecule has 28 heavy (non-hydrogen) atoms. The van der Waals surface area contributed by atoms with Gasteiger partial charge in [-0.15, -0.1) is 0 Å². The van der Waals surface area contributed by atoms with E-state index in [1.807, 2.05) is 36.4 Å². The van der Waals surface area contributed by atoms with Crippen molar-refractivity contribution in [3.8, 4) is 11.5 Å². The van der Waals surface area contributed by atoms with Crippen LogP contribution in [0.2, 0.25) is 0 Å². The van der Waals surface area contributed by atoms with Gasteiger partial charge in [0.15, 0.2) is 11.5 Å². The number of nitrogens with zero attached hydrogens (tertiary/aromatic N) is 1. The lowest BCUT2D eigenvalue weighted by atomic mass is 9.98. The number of hydrogen-bond donors (Lipinski definition) is 0. The third-order valence-corrected chi connectivity index (χ3v) is 4.81. The molecule has 5 nitrogen and oxygen atoms in total. The monoisotopic (exact) mass is 375 g/mol. The number of fused-ring (bicyclic) bond motifs is 3. The predicted octanol–water partition coefficient (Wildman–Crippen LogP) is 5.05. The van der Waals surface area contributed by atoms with Gasteiger partial charge in [0.2, 0.25) is 0 Å². The highest BCUT2D eigenvalue weighted by molar-refractivity contribution is 6.05. The maximum absolute atomic E-state index is 12.6. The van der Waals surface area contributed by atoms with E-state index >= 15 is 0 Å². The van der Waals surface area contributed by atoms with E-state index in [0.29, 0.717) is 35.0 Å². The first-order valence-corrected chi connectivity index (χ1v) is 9.17. The van der Waals surface area contributed by atoms with Gasteiger partial charge in [0.1, 0.15) is 12.2 Å². The van der Waals surface area contributed by atoms with E-state index < -0.39 is 0 Å². The first-order chi connectivity index (χ1) is 13.6. The summed E-state index contributed by atoms with van der Waals surface area (Å²) in [4.78, 5) is 16.6. The van der Waals surface area contributed by atoms with Crippen LogP contribution in [-0.2, 0) is 6.61 Å². The Kier molecular flexibility index (Phi) is 4.74. The van der Waals surface area contributed by atoms with Gasteiger partial charge in [-0.05, 0) is 29.7 Å². The number of methoxy groups -OCH3 is 1. The molecule has 0 saturated carbocycles. The Morgan fingerprint density at radius 2 is 1.89 bits per heavy atom. The van der Waals surface area contributed by atoms with Crippen molar-refractivity contribution >= 4 is 21.7 Å². The fourth-order valence-electron chi connectivity index (χ4n) is 3.23. The molecule has 4 rings (SSSR count). The summed E-state index contributed by atoms with van der Waals surface area (Å²) >= 11 is 0. The summed E-state index contributed by atoms with van der Waals surface area (Å²) in [6.07, 6.45) is 3.46. The first kappa shape index (κ1) is 18.0. The third kappa shape index (κ3) is 3.31. The number of ether oxygens (including phenoxy) is 2. The normalized spacial score (nSPS) is 11.3. The summed E-state index contributed by atoms with van der Waals surface area (Å²) < 4.78 is 17.0. The van der Waals surface area contributed by atoms with Gasteiger partial charge in [-0.25, -0.2) is 4.79 Å². The van der Waals surface area contributed by atoms with Crippen LogP contribution in [0.25, 0.3) is 21.7 Å². The van der Waals surface area contributed by atoms with Crippen LogP contribution in [0.15, 0.2) is 64.1 Å². The number of hydrogen-bond acceptors (Lipinski definition) is 5. The van der Waals surface area contributed by atoms with Crippen LogP contribution in [-0.4, -0.2) is 12.1 Å². The Morgan fingerprint density at radius 1 is 1.04 bits per heavy atom. The summed E-state index contributed by atoms with van der Waals surface area (Å²) in [6.45, 7) is 4.53. The highest BCUT2D eigenvalue weighted by Crippen LogP contribution is 2.35. The van der Waals surface area contributed by atoms with Crippen molar-refractivity contribution < 1.29 is 13.9 Å². The van der Waals surface area contributed by atoms with Gasteiger partial charge in [-0.3, -0.25) is 4.98 Å². The van der Waals surface area contributed by atoms with Gasteiger partial charge >= 0.3 is 5.63 Å². The van der Waals surface area contributed by atoms with Crippen LogP contribution in [0.5, 0.6) is 11.5 Å². The van der Waals surface area contributed by atoms with Gasteiger partial charge in [0.05, 0.1) is 12.5 Å². The van der Waals surface area contributed by atoms with E-state index in [-0.39, 0.29) is 5.63 Å². The molecular weight excluding hydrogens is 354 g/mol.